The number of hydrogen-bond donors (Lipinski definition) is 1. The summed E-state index contributed by atoms with van der Waals surface area (Å²) in [5.41, 5.74) is -0.662. The Balaban J connectivity index is 2.15. The molecule has 104 valence electrons. The topological polar surface area (TPSA) is 82.6 Å². The number of carbonyl (C=O) groups is 1. The van der Waals surface area contributed by atoms with Crippen LogP contribution in [0.1, 0.15) is 6.42 Å². The molecule has 1 unspecified atom stereocenters. The minimum Gasteiger partial charge on any atom is -0.491 e. The summed E-state index contributed by atoms with van der Waals surface area (Å²) >= 11 is 0. The number of nitrogens with one attached hydrogen (secondary N) is 1. The number of carbonyl (C=O) groups excluding carboxylic acids is 1. The van der Waals surface area contributed by atoms with Gasteiger partial charge in [-0.05, 0) is 6.42 Å². The average molecular weight is 267 g/mol. The van der Waals surface area contributed by atoms with Gasteiger partial charge in [0.25, 0.3) is 0 Å². The number of aromatic nitrogens is 2. The average Bonchev–Trinajstić information content (AvgIpc) is 2.90. The van der Waals surface area contributed by atoms with Crippen LogP contribution in [0.2, 0.25) is 0 Å². The van der Waals surface area contributed by atoms with Gasteiger partial charge >= 0.3 is 0 Å². The van der Waals surface area contributed by atoms with Crippen LogP contribution in [0, 0.1) is 5.41 Å². The first-order valence-electron chi connectivity index (χ1n) is 5.94. The van der Waals surface area contributed by atoms with E-state index < -0.39 is 5.41 Å². The summed E-state index contributed by atoms with van der Waals surface area (Å²) in [6, 6.07) is 0. The van der Waals surface area contributed by atoms with Gasteiger partial charge in [-0.2, -0.15) is 0 Å². The van der Waals surface area contributed by atoms with Crippen LogP contribution in [-0.4, -0.2) is 49.9 Å². The molecule has 1 N–H and O–H groups in total. The number of amides is 1. The molecule has 0 aliphatic carbocycles. The monoisotopic (exact) mass is 267 g/mol. The lowest BCUT2D eigenvalue weighted by Gasteiger charge is -2.25. The van der Waals surface area contributed by atoms with E-state index >= 15 is 0 Å². The molecule has 1 aliphatic heterocycles. The number of hydrogen-bond acceptors (Lipinski definition) is 6. The molecule has 2 heterocycles. The van der Waals surface area contributed by atoms with Crippen molar-refractivity contribution < 1.29 is 19.0 Å². The molecule has 1 atom stereocenters. The van der Waals surface area contributed by atoms with Crippen molar-refractivity contribution in [3.8, 4) is 5.75 Å². The van der Waals surface area contributed by atoms with Gasteiger partial charge < -0.3 is 19.5 Å². The summed E-state index contributed by atoms with van der Waals surface area (Å²) < 4.78 is 15.6. The Morgan fingerprint density at radius 2 is 2.42 bits per heavy atom. The summed E-state index contributed by atoms with van der Waals surface area (Å²) in [7, 11) is 3.07. The Labute approximate surface area is 111 Å². The summed E-state index contributed by atoms with van der Waals surface area (Å²) in [6.07, 6.45) is 3.48. The Kier molecular flexibility index (Phi) is 4.28. The summed E-state index contributed by atoms with van der Waals surface area (Å²) in [5.74, 6) is 0.594. The van der Waals surface area contributed by atoms with Crippen molar-refractivity contribution in [1.82, 2.24) is 9.97 Å². The molecule has 1 saturated heterocycles. The van der Waals surface area contributed by atoms with Crippen LogP contribution in [0.3, 0.4) is 0 Å². The zero-order chi connectivity index (χ0) is 13.7. The van der Waals surface area contributed by atoms with Crippen LogP contribution >= 0.6 is 0 Å². The third-order valence-corrected chi connectivity index (χ3v) is 3.14. The quantitative estimate of drug-likeness (QED) is 0.835. The van der Waals surface area contributed by atoms with Gasteiger partial charge in [-0.3, -0.25) is 4.79 Å². The first kappa shape index (κ1) is 13.7. The van der Waals surface area contributed by atoms with Gasteiger partial charge in [0.15, 0.2) is 11.6 Å². The maximum absolute atomic E-state index is 12.4. The molecule has 1 aliphatic rings. The third-order valence-electron chi connectivity index (χ3n) is 3.14. The highest BCUT2D eigenvalue weighted by Gasteiger charge is 2.42. The number of ether oxygens (including phenoxy) is 3. The summed E-state index contributed by atoms with van der Waals surface area (Å²) in [4.78, 5) is 20.2. The molecule has 19 heavy (non-hydrogen) atoms. The standard InChI is InChI=1S/C12H17N3O4/c1-17-6-12(3-4-19-7-12)11(16)15-10-9(18-2)5-13-8-14-10/h5,8H,3-4,6-7H2,1-2H3,(H,13,14,15,16). The van der Waals surface area contributed by atoms with E-state index in [-0.39, 0.29) is 5.91 Å². The van der Waals surface area contributed by atoms with E-state index in [1.54, 1.807) is 7.11 Å². The molecule has 0 aromatic carbocycles. The molecule has 0 bridgehead atoms. The number of rotatable bonds is 5. The third kappa shape index (κ3) is 2.82. The van der Waals surface area contributed by atoms with Gasteiger partial charge in [0, 0.05) is 13.7 Å². The molecular formula is C12H17N3O4. The van der Waals surface area contributed by atoms with E-state index in [9.17, 15) is 4.79 Å². The fourth-order valence-corrected chi connectivity index (χ4v) is 2.04. The highest BCUT2D eigenvalue weighted by atomic mass is 16.5. The fraction of sp³-hybridized carbons (Fsp3) is 0.583. The second-order valence-corrected chi connectivity index (χ2v) is 4.41. The number of nitrogens with zero attached hydrogens (tertiary/aromatic N) is 2. The predicted molar refractivity (Wildman–Crippen MR) is 67.0 cm³/mol. The summed E-state index contributed by atoms with van der Waals surface area (Å²) in [5, 5.41) is 2.75. The zero-order valence-electron chi connectivity index (χ0n) is 11.0. The Morgan fingerprint density at radius 3 is 3.05 bits per heavy atom. The van der Waals surface area contributed by atoms with E-state index in [0.717, 1.165) is 0 Å². The lowest BCUT2D eigenvalue weighted by atomic mass is 9.87. The van der Waals surface area contributed by atoms with Gasteiger partial charge in [0.2, 0.25) is 5.91 Å². The predicted octanol–water partition coefficient (Wildman–Crippen LogP) is 0.477. The molecule has 1 aromatic heterocycles. The molecule has 0 radical (unpaired) electrons. The van der Waals surface area contributed by atoms with Crippen LogP contribution in [0.4, 0.5) is 5.82 Å². The molecular weight excluding hydrogens is 250 g/mol. The minimum absolute atomic E-state index is 0.177. The van der Waals surface area contributed by atoms with E-state index in [0.29, 0.717) is 37.8 Å². The van der Waals surface area contributed by atoms with Gasteiger partial charge in [-0.25, -0.2) is 9.97 Å². The second-order valence-electron chi connectivity index (χ2n) is 4.41. The Morgan fingerprint density at radius 1 is 1.58 bits per heavy atom. The first-order chi connectivity index (χ1) is 9.22. The van der Waals surface area contributed by atoms with Crippen molar-refractivity contribution in [2.75, 3.05) is 39.4 Å². The normalized spacial score (nSPS) is 22.2. The lowest BCUT2D eigenvalue weighted by Crippen LogP contribution is -2.40. The first-order valence-corrected chi connectivity index (χ1v) is 5.94. The molecule has 0 saturated carbocycles. The van der Waals surface area contributed by atoms with Crippen molar-refractivity contribution in [1.29, 1.82) is 0 Å². The largest absolute Gasteiger partial charge is 0.491 e. The fourth-order valence-electron chi connectivity index (χ4n) is 2.04. The Hall–Kier alpha value is -1.73. The Bertz CT molecular complexity index is 446. The molecule has 7 heteroatoms. The SMILES string of the molecule is COCC1(C(=O)Nc2ncncc2OC)CCOC1. The molecule has 0 spiro atoms. The number of anilines is 1. The van der Waals surface area contributed by atoms with E-state index in [4.69, 9.17) is 14.2 Å². The van der Waals surface area contributed by atoms with Crippen molar-refractivity contribution in [3.63, 3.8) is 0 Å². The lowest BCUT2D eigenvalue weighted by molar-refractivity contribution is -0.128. The minimum atomic E-state index is -0.662. The van der Waals surface area contributed by atoms with Crippen LogP contribution in [0.15, 0.2) is 12.5 Å². The molecule has 2 rings (SSSR count). The zero-order valence-corrected chi connectivity index (χ0v) is 11.0. The molecule has 7 nitrogen and oxygen atoms in total. The van der Waals surface area contributed by atoms with Crippen LogP contribution in [-0.2, 0) is 14.3 Å². The van der Waals surface area contributed by atoms with Crippen molar-refractivity contribution >= 4 is 11.7 Å². The van der Waals surface area contributed by atoms with Crippen LogP contribution < -0.4 is 10.1 Å². The maximum atomic E-state index is 12.4. The maximum Gasteiger partial charge on any atom is 0.236 e. The molecule has 1 fully saturated rings. The van der Waals surface area contributed by atoms with Crippen molar-refractivity contribution in [2.24, 2.45) is 5.41 Å². The molecule has 1 amide bonds. The van der Waals surface area contributed by atoms with Gasteiger partial charge in [0.05, 0.1) is 31.9 Å². The van der Waals surface area contributed by atoms with E-state index in [2.05, 4.69) is 15.3 Å². The number of methoxy groups -OCH3 is 2. The smallest absolute Gasteiger partial charge is 0.236 e. The highest BCUT2D eigenvalue weighted by molar-refractivity contribution is 5.96. The van der Waals surface area contributed by atoms with Gasteiger partial charge in [-0.1, -0.05) is 0 Å². The summed E-state index contributed by atoms with van der Waals surface area (Å²) in [6.45, 7) is 1.21. The van der Waals surface area contributed by atoms with Crippen molar-refractivity contribution in [2.45, 2.75) is 6.42 Å². The second kappa shape index (κ2) is 5.94. The van der Waals surface area contributed by atoms with Gasteiger partial charge in [0.1, 0.15) is 6.33 Å². The van der Waals surface area contributed by atoms with E-state index in [1.807, 2.05) is 0 Å². The van der Waals surface area contributed by atoms with Crippen LogP contribution in [0.5, 0.6) is 5.75 Å². The molecule has 1 aromatic rings. The van der Waals surface area contributed by atoms with Gasteiger partial charge in [-0.15, -0.1) is 0 Å². The highest BCUT2D eigenvalue weighted by Crippen LogP contribution is 2.31. The van der Waals surface area contributed by atoms with Crippen molar-refractivity contribution in [3.05, 3.63) is 12.5 Å². The van der Waals surface area contributed by atoms with Crippen LogP contribution in [0.25, 0.3) is 0 Å². The van der Waals surface area contributed by atoms with E-state index in [1.165, 1.54) is 19.6 Å².